The van der Waals surface area contributed by atoms with E-state index in [-0.39, 0.29) is 36.8 Å². The van der Waals surface area contributed by atoms with E-state index in [0.29, 0.717) is 12.2 Å². The molecular weight excluding hydrogens is 558 g/mol. The molecule has 0 fully saturated rings. The molecule has 5 nitrogen and oxygen atoms in total. The molecule has 0 radical (unpaired) electrons. The van der Waals surface area contributed by atoms with E-state index in [4.69, 9.17) is 4.74 Å². The number of nitrogens with one attached hydrogen (secondary N) is 1. The molecule has 0 saturated carbocycles. The number of ether oxygens (including phenoxy) is 1. The third kappa shape index (κ3) is 8.35. The molecule has 0 bridgehead atoms. The van der Waals surface area contributed by atoms with Crippen LogP contribution in [-0.4, -0.2) is 35.4 Å². The van der Waals surface area contributed by atoms with Crippen molar-refractivity contribution in [3.8, 4) is 5.75 Å². The van der Waals surface area contributed by atoms with Crippen molar-refractivity contribution >= 4 is 34.4 Å². The lowest BCUT2D eigenvalue weighted by molar-refractivity contribution is -0.143. The SMILES string of the molecule is CCC(C)NC(=O)C(Cc1ccccc1)N(Cc1ccc(F)cc1)C(=O)COc1ccc(I)cc1. The van der Waals surface area contributed by atoms with Crippen molar-refractivity contribution in [1.82, 2.24) is 10.2 Å². The van der Waals surface area contributed by atoms with Gasteiger partial charge in [0.2, 0.25) is 5.91 Å². The quantitative estimate of drug-likeness (QED) is 0.307. The Bertz CT molecular complexity index is 1090. The van der Waals surface area contributed by atoms with E-state index in [1.807, 2.05) is 56.3 Å². The molecule has 2 amide bonds. The van der Waals surface area contributed by atoms with Gasteiger partial charge in [0.25, 0.3) is 5.91 Å². The molecule has 2 unspecified atom stereocenters. The Kier molecular flexibility index (Phi) is 10.1. The summed E-state index contributed by atoms with van der Waals surface area (Å²) in [4.78, 5) is 28.4. The third-order valence-electron chi connectivity index (χ3n) is 5.71. The van der Waals surface area contributed by atoms with Crippen molar-refractivity contribution in [3.63, 3.8) is 0 Å². The Labute approximate surface area is 219 Å². The van der Waals surface area contributed by atoms with Crippen LogP contribution in [0.5, 0.6) is 5.75 Å². The number of hydrogen-bond donors (Lipinski definition) is 1. The predicted octanol–water partition coefficient (Wildman–Crippen LogP) is 5.36. The Morgan fingerprint density at radius 3 is 2.26 bits per heavy atom. The maximum atomic E-state index is 13.5. The van der Waals surface area contributed by atoms with E-state index < -0.39 is 6.04 Å². The highest BCUT2D eigenvalue weighted by Crippen LogP contribution is 2.18. The summed E-state index contributed by atoms with van der Waals surface area (Å²) in [5.74, 6) is -0.339. The van der Waals surface area contributed by atoms with Gasteiger partial charge in [-0.3, -0.25) is 9.59 Å². The van der Waals surface area contributed by atoms with Crippen LogP contribution >= 0.6 is 22.6 Å². The number of amides is 2. The van der Waals surface area contributed by atoms with Gasteiger partial charge in [0.15, 0.2) is 6.61 Å². The minimum absolute atomic E-state index is 0.0356. The molecule has 0 spiro atoms. The van der Waals surface area contributed by atoms with Crippen LogP contribution in [0.3, 0.4) is 0 Å². The van der Waals surface area contributed by atoms with Gasteiger partial charge in [-0.15, -0.1) is 0 Å². The summed E-state index contributed by atoms with van der Waals surface area (Å²) in [5, 5.41) is 3.03. The van der Waals surface area contributed by atoms with Crippen molar-refractivity contribution in [3.05, 3.63) is 99.4 Å². The first-order chi connectivity index (χ1) is 16.9. The van der Waals surface area contributed by atoms with Crippen LogP contribution in [0.2, 0.25) is 0 Å². The van der Waals surface area contributed by atoms with E-state index in [2.05, 4.69) is 27.9 Å². The normalized spacial score (nSPS) is 12.5. The van der Waals surface area contributed by atoms with Crippen molar-refractivity contribution in [2.75, 3.05) is 6.61 Å². The van der Waals surface area contributed by atoms with Crippen LogP contribution in [0.4, 0.5) is 4.39 Å². The van der Waals surface area contributed by atoms with Crippen LogP contribution in [0.15, 0.2) is 78.9 Å². The molecule has 3 aromatic carbocycles. The Morgan fingerprint density at radius 1 is 0.971 bits per heavy atom. The van der Waals surface area contributed by atoms with Gasteiger partial charge < -0.3 is 15.0 Å². The first-order valence-electron chi connectivity index (χ1n) is 11.6. The number of carbonyl (C=O) groups excluding carboxylic acids is 2. The van der Waals surface area contributed by atoms with E-state index in [1.54, 1.807) is 24.3 Å². The van der Waals surface area contributed by atoms with Crippen molar-refractivity contribution < 1.29 is 18.7 Å². The summed E-state index contributed by atoms with van der Waals surface area (Å²) >= 11 is 2.20. The van der Waals surface area contributed by atoms with E-state index >= 15 is 0 Å². The van der Waals surface area contributed by atoms with E-state index in [0.717, 1.165) is 21.1 Å². The second-order valence-corrected chi connectivity index (χ2v) is 9.66. The maximum Gasteiger partial charge on any atom is 0.261 e. The summed E-state index contributed by atoms with van der Waals surface area (Å²) < 4.78 is 20.3. The van der Waals surface area contributed by atoms with Crippen LogP contribution < -0.4 is 10.1 Å². The minimum atomic E-state index is -0.760. The molecule has 0 heterocycles. The van der Waals surface area contributed by atoms with Crippen molar-refractivity contribution in [1.29, 1.82) is 0 Å². The summed E-state index contributed by atoms with van der Waals surface area (Å²) in [6, 6.07) is 22.2. The van der Waals surface area contributed by atoms with Gasteiger partial charge in [0.05, 0.1) is 0 Å². The largest absolute Gasteiger partial charge is 0.484 e. The van der Waals surface area contributed by atoms with Crippen LogP contribution in [0.1, 0.15) is 31.4 Å². The molecule has 1 N–H and O–H groups in total. The first-order valence-corrected chi connectivity index (χ1v) is 12.7. The second-order valence-electron chi connectivity index (χ2n) is 8.41. The molecule has 2 atom stereocenters. The lowest BCUT2D eigenvalue weighted by Gasteiger charge is -2.32. The molecule has 184 valence electrons. The highest BCUT2D eigenvalue weighted by molar-refractivity contribution is 14.1. The fourth-order valence-electron chi connectivity index (χ4n) is 3.54. The summed E-state index contributed by atoms with van der Waals surface area (Å²) in [6.07, 6.45) is 1.12. The molecule has 0 saturated heterocycles. The van der Waals surface area contributed by atoms with Gasteiger partial charge in [0, 0.05) is 22.6 Å². The molecule has 35 heavy (non-hydrogen) atoms. The van der Waals surface area contributed by atoms with E-state index in [9.17, 15) is 14.0 Å². The number of halogens is 2. The second kappa shape index (κ2) is 13.2. The smallest absolute Gasteiger partial charge is 0.261 e. The predicted molar refractivity (Wildman–Crippen MR) is 143 cm³/mol. The molecule has 7 heteroatoms. The average molecular weight is 588 g/mol. The van der Waals surface area contributed by atoms with Gasteiger partial charge in [-0.05, 0) is 83.5 Å². The van der Waals surface area contributed by atoms with Crippen LogP contribution in [0.25, 0.3) is 0 Å². The monoisotopic (exact) mass is 588 g/mol. The molecule has 0 aliphatic carbocycles. The Balaban J connectivity index is 1.89. The maximum absolute atomic E-state index is 13.5. The average Bonchev–Trinajstić information content (AvgIpc) is 2.87. The van der Waals surface area contributed by atoms with Crippen LogP contribution in [0, 0.1) is 9.39 Å². The molecule has 3 rings (SSSR count). The molecular formula is C28H30FIN2O3. The number of rotatable bonds is 11. The topological polar surface area (TPSA) is 58.6 Å². The molecule has 3 aromatic rings. The van der Waals surface area contributed by atoms with Gasteiger partial charge in [-0.1, -0.05) is 49.4 Å². The fraction of sp³-hybridized carbons (Fsp3) is 0.286. The lowest BCUT2D eigenvalue weighted by Crippen LogP contribution is -2.53. The minimum Gasteiger partial charge on any atom is -0.484 e. The van der Waals surface area contributed by atoms with Gasteiger partial charge in [-0.25, -0.2) is 4.39 Å². The summed E-state index contributed by atoms with van der Waals surface area (Å²) in [6.45, 7) is 3.86. The highest BCUT2D eigenvalue weighted by Gasteiger charge is 2.31. The van der Waals surface area contributed by atoms with E-state index in [1.165, 1.54) is 17.0 Å². The number of hydrogen-bond acceptors (Lipinski definition) is 3. The summed E-state index contributed by atoms with van der Waals surface area (Å²) in [5.41, 5.74) is 1.66. The number of nitrogens with zero attached hydrogens (tertiary/aromatic N) is 1. The molecule has 0 aliphatic heterocycles. The third-order valence-corrected chi connectivity index (χ3v) is 6.43. The number of benzene rings is 3. The molecule has 0 aromatic heterocycles. The number of carbonyl (C=O) groups is 2. The van der Waals surface area contributed by atoms with Crippen molar-refractivity contribution in [2.45, 2.75) is 45.3 Å². The molecule has 0 aliphatic rings. The fourth-order valence-corrected chi connectivity index (χ4v) is 3.90. The zero-order valence-electron chi connectivity index (χ0n) is 19.9. The zero-order valence-corrected chi connectivity index (χ0v) is 22.1. The van der Waals surface area contributed by atoms with Gasteiger partial charge in [-0.2, -0.15) is 0 Å². The van der Waals surface area contributed by atoms with Crippen molar-refractivity contribution in [2.24, 2.45) is 0 Å². The first kappa shape index (κ1) is 26.7. The zero-order chi connectivity index (χ0) is 25.2. The standard InChI is InChI=1S/C28H30FIN2O3/c1-3-20(2)31-28(34)26(17-21-7-5-4-6-8-21)32(18-22-9-11-23(29)12-10-22)27(33)19-35-25-15-13-24(30)14-16-25/h4-16,20,26H,3,17-19H2,1-2H3,(H,31,34). The highest BCUT2D eigenvalue weighted by atomic mass is 127. The Hall–Kier alpha value is -2.94. The van der Waals surface area contributed by atoms with Gasteiger partial charge >= 0.3 is 0 Å². The Morgan fingerprint density at radius 2 is 1.63 bits per heavy atom. The summed E-state index contributed by atoms with van der Waals surface area (Å²) in [7, 11) is 0. The van der Waals surface area contributed by atoms with Crippen LogP contribution in [-0.2, 0) is 22.6 Å². The lowest BCUT2D eigenvalue weighted by atomic mass is 10.0. The van der Waals surface area contributed by atoms with Gasteiger partial charge in [0.1, 0.15) is 17.6 Å².